The number of aromatic nitrogens is 1. The van der Waals surface area contributed by atoms with E-state index in [0.717, 1.165) is 0 Å². The fourth-order valence-electron chi connectivity index (χ4n) is 0.909. The van der Waals surface area contributed by atoms with Crippen molar-refractivity contribution >= 4 is 5.91 Å². The zero-order valence-corrected chi connectivity index (χ0v) is 7.90. The third-order valence-corrected chi connectivity index (χ3v) is 1.59. The van der Waals surface area contributed by atoms with Gasteiger partial charge in [0.1, 0.15) is 5.75 Å². The molecule has 1 aromatic rings. The van der Waals surface area contributed by atoms with Crippen molar-refractivity contribution in [2.24, 2.45) is 5.73 Å². The number of hydrogen-bond acceptors (Lipinski definition) is 4. The molecule has 1 heterocycles. The Morgan fingerprint density at radius 2 is 2.50 bits per heavy atom. The van der Waals surface area contributed by atoms with Crippen LogP contribution in [0.25, 0.3) is 0 Å². The minimum Gasteiger partial charge on any atom is -0.505 e. The molecule has 0 fully saturated rings. The van der Waals surface area contributed by atoms with Gasteiger partial charge in [0.2, 0.25) is 0 Å². The van der Waals surface area contributed by atoms with Crippen LogP contribution in [0.15, 0.2) is 18.3 Å². The highest BCUT2D eigenvalue weighted by atomic mass is 16.3. The number of carbonyl (C=O) groups excluding carboxylic acids is 1. The topological polar surface area (TPSA) is 88.2 Å². The van der Waals surface area contributed by atoms with Crippen molar-refractivity contribution in [3.63, 3.8) is 0 Å². The van der Waals surface area contributed by atoms with Crippen molar-refractivity contribution in [2.45, 2.75) is 13.0 Å². The van der Waals surface area contributed by atoms with Gasteiger partial charge in [0.15, 0.2) is 5.69 Å². The third kappa shape index (κ3) is 2.70. The molecule has 1 atom stereocenters. The predicted octanol–water partition coefficient (Wildman–Crippen LogP) is -0.136. The SMILES string of the molecule is CC(N)CNC(=O)c1ncccc1O. The molecule has 4 N–H and O–H groups in total. The van der Waals surface area contributed by atoms with E-state index in [1.165, 1.54) is 12.3 Å². The Labute approximate surface area is 82.0 Å². The van der Waals surface area contributed by atoms with E-state index >= 15 is 0 Å². The summed E-state index contributed by atoms with van der Waals surface area (Å²) in [5.74, 6) is -0.546. The van der Waals surface area contributed by atoms with Gasteiger partial charge in [-0.1, -0.05) is 0 Å². The molecule has 0 aliphatic carbocycles. The van der Waals surface area contributed by atoms with E-state index in [0.29, 0.717) is 6.54 Å². The Morgan fingerprint density at radius 3 is 3.07 bits per heavy atom. The fourth-order valence-corrected chi connectivity index (χ4v) is 0.909. The van der Waals surface area contributed by atoms with Crippen LogP contribution < -0.4 is 11.1 Å². The summed E-state index contributed by atoms with van der Waals surface area (Å²) in [4.78, 5) is 15.1. The van der Waals surface area contributed by atoms with E-state index in [9.17, 15) is 9.90 Å². The first kappa shape index (κ1) is 10.5. The summed E-state index contributed by atoms with van der Waals surface area (Å²) in [5.41, 5.74) is 5.48. The van der Waals surface area contributed by atoms with E-state index in [-0.39, 0.29) is 17.5 Å². The van der Waals surface area contributed by atoms with E-state index in [1.54, 1.807) is 13.0 Å². The lowest BCUT2D eigenvalue weighted by Crippen LogP contribution is -2.35. The molecule has 1 aromatic heterocycles. The standard InChI is InChI=1S/C9H13N3O2/c1-6(10)5-12-9(14)8-7(13)3-2-4-11-8/h2-4,6,13H,5,10H2,1H3,(H,12,14). The molecular weight excluding hydrogens is 182 g/mol. The average molecular weight is 195 g/mol. The monoisotopic (exact) mass is 195 g/mol. The number of rotatable bonds is 3. The second-order valence-corrected chi connectivity index (χ2v) is 3.06. The van der Waals surface area contributed by atoms with Gasteiger partial charge >= 0.3 is 0 Å². The van der Waals surface area contributed by atoms with Crippen molar-refractivity contribution in [2.75, 3.05) is 6.54 Å². The van der Waals surface area contributed by atoms with Crippen LogP contribution in [0.4, 0.5) is 0 Å². The van der Waals surface area contributed by atoms with Crippen LogP contribution in [0, 0.1) is 0 Å². The Bertz CT molecular complexity index is 326. The Balaban J connectivity index is 2.65. The van der Waals surface area contributed by atoms with E-state index in [4.69, 9.17) is 5.73 Å². The highest BCUT2D eigenvalue weighted by Crippen LogP contribution is 2.11. The number of nitrogens with zero attached hydrogens (tertiary/aromatic N) is 1. The Kier molecular flexibility index (Phi) is 3.41. The number of amides is 1. The van der Waals surface area contributed by atoms with Gasteiger partial charge < -0.3 is 16.2 Å². The lowest BCUT2D eigenvalue weighted by Gasteiger charge is -2.07. The summed E-state index contributed by atoms with van der Waals surface area (Å²) in [6, 6.07) is 2.84. The number of nitrogens with two attached hydrogens (primary N) is 1. The van der Waals surface area contributed by atoms with Gasteiger partial charge in [-0.2, -0.15) is 0 Å². The molecule has 0 aliphatic rings. The maximum Gasteiger partial charge on any atom is 0.273 e. The summed E-state index contributed by atoms with van der Waals surface area (Å²) in [6.07, 6.45) is 1.44. The average Bonchev–Trinajstić information content (AvgIpc) is 2.15. The van der Waals surface area contributed by atoms with Crippen LogP contribution in [0.5, 0.6) is 5.75 Å². The van der Waals surface area contributed by atoms with Gasteiger partial charge in [0, 0.05) is 18.8 Å². The summed E-state index contributed by atoms with van der Waals surface area (Å²) >= 11 is 0. The number of hydrogen-bond donors (Lipinski definition) is 3. The maximum atomic E-state index is 11.4. The second-order valence-electron chi connectivity index (χ2n) is 3.06. The van der Waals surface area contributed by atoms with E-state index < -0.39 is 5.91 Å². The molecule has 0 spiro atoms. The largest absolute Gasteiger partial charge is 0.505 e. The molecule has 0 saturated carbocycles. The molecule has 14 heavy (non-hydrogen) atoms. The van der Waals surface area contributed by atoms with Crippen molar-refractivity contribution in [3.05, 3.63) is 24.0 Å². The fraction of sp³-hybridized carbons (Fsp3) is 0.333. The van der Waals surface area contributed by atoms with Gasteiger partial charge in [0.05, 0.1) is 0 Å². The zero-order chi connectivity index (χ0) is 10.6. The molecule has 1 amide bonds. The summed E-state index contributed by atoms with van der Waals surface area (Å²) in [7, 11) is 0. The summed E-state index contributed by atoms with van der Waals surface area (Å²) < 4.78 is 0. The molecule has 0 saturated heterocycles. The molecule has 0 radical (unpaired) electrons. The number of nitrogens with one attached hydrogen (secondary N) is 1. The van der Waals surface area contributed by atoms with Crippen LogP contribution in [0.3, 0.4) is 0 Å². The molecule has 5 nitrogen and oxygen atoms in total. The Morgan fingerprint density at radius 1 is 1.79 bits per heavy atom. The van der Waals surface area contributed by atoms with Crippen LogP contribution in [-0.2, 0) is 0 Å². The molecule has 0 aromatic carbocycles. The number of aromatic hydroxyl groups is 1. The van der Waals surface area contributed by atoms with Gasteiger partial charge in [-0.05, 0) is 19.1 Å². The first-order valence-corrected chi connectivity index (χ1v) is 4.29. The first-order valence-electron chi connectivity index (χ1n) is 4.29. The zero-order valence-electron chi connectivity index (χ0n) is 7.90. The van der Waals surface area contributed by atoms with Crippen molar-refractivity contribution in [1.29, 1.82) is 0 Å². The van der Waals surface area contributed by atoms with Crippen molar-refractivity contribution in [3.8, 4) is 5.75 Å². The Hall–Kier alpha value is -1.62. The smallest absolute Gasteiger partial charge is 0.273 e. The first-order chi connectivity index (χ1) is 6.61. The lowest BCUT2D eigenvalue weighted by atomic mass is 10.3. The normalized spacial score (nSPS) is 12.1. The maximum absolute atomic E-state index is 11.4. The van der Waals surface area contributed by atoms with Gasteiger partial charge in [-0.15, -0.1) is 0 Å². The van der Waals surface area contributed by atoms with Crippen LogP contribution in [0.1, 0.15) is 17.4 Å². The van der Waals surface area contributed by atoms with E-state index in [2.05, 4.69) is 10.3 Å². The molecule has 0 bridgehead atoms. The van der Waals surface area contributed by atoms with Crippen molar-refractivity contribution in [1.82, 2.24) is 10.3 Å². The molecule has 5 heteroatoms. The summed E-state index contributed by atoms with van der Waals surface area (Å²) in [6.45, 7) is 2.13. The van der Waals surface area contributed by atoms with Gasteiger partial charge in [-0.25, -0.2) is 4.98 Å². The number of pyridine rings is 1. The van der Waals surface area contributed by atoms with Crippen LogP contribution in [0.2, 0.25) is 0 Å². The van der Waals surface area contributed by atoms with Gasteiger partial charge in [0.25, 0.3) is 5.91 Å². The van der Waals surface area contributed by atoms with Crippen LogP contribution >= 0.6 is 0 Å². The highest BCUT2D eigenvalue weighted by molar-refractivity contribution is 5.94. The minimum absolute atomic E-state index is 0.0214. The molecular formula is C9H13N3O2. The molecule has 76 valence electrons. The second kappa shape index (κ2) is 4.57. The highest BCUT2D eigenvalue weighted by Gasteiger charge is 2.11. The molecule has 0 aliphatic heterocycles. The lowest BCUT2D eigenvalue weighted by molar-refractivity contribution is 0.0944. The summed E-state index contributed by atoms with van der Waals surface area (Å²) in [5, 5.41) is 11.8. The molecule has 1 unspecified atom stereocenters. The third-order valence-electron chi connectivity index (χ3n) is 1.59. The van der Waals surface area contributed by atoms with E-state index in [1.807, 2.05) is 0 Å². The quantitative estimate of drug-likeness (QED) is 0.626. The predicted molar refractivity (Wildman–Crippen MR) is 51.9 cm³/mol. The number of carbonyl (C=O) groups is 1. The molecule has 1 rings (SSSR count). The minimum atomic E-state index is -0.416. The van der Waals surface area contributed by atoms with Gasteiger partial charge in [-0.3, -0.25) is 4.79 Å². The van der Waals surface area contributed by atoms with Crippen LogP contribution in [-0.4, -0.2) is 28.6 Å². The van der Waals surface area contributed by atoms with Crippen molar-refractivity contribution < 1.29 is 9.90 Å².